The third kappa shape index (κ3) is 2.49. The van der Waals surface area contributed by atoms with Gasteiger partial charge in [-0.1, -0.05) is 25.5 Å². The zero-order chi connectivity index (χ0) is 13.9. The second-order valence-electron chi connectivity index (χ2n) is 5.57. The van der Waals surface area contributed by atoms with Crippen LogP contribution in [-0.2, 0) is 6.42 Å². The number of nitrogens with two attached hydrogens (primary N) is 1. The molecule has 3 N–H and O–H groups in total. The van der Waals surface area contributed by atoms with Crippen LogP contribution in [-0.4, -0.2) is 20.7 Å². The Morgan fingerprint density at radius 2 is 2.16 bits per heavy atom. The van der Waals surface area contributed by atoms with Gasteiger partial charge >= 0.3 is 0 Å². The van der Waals surface area contributed by atoms with Gasteiger partial charge in [-0.2, -0.15) is 0 Å². The van der Waals surface area contributed by atoms with Crippen molar-refractivity contribution in [2.24, 2.45) is 11.1 Å². The van der Waals surface area contributed by atoms with Crippen molar-refractivity contribution in [3.63, 3.8) is 0 Å². The van der Waals surface area contributed by atoms with E-state index in [-0.39, 0.29) is 11.5 Å². The van der Waals surface area contributed by atoms with Gasteiger partial charge in [0.15, 0.2) is 0 Å². The van der Waals surface area contributed by atoms with Crippen molar-refractivity contribution in [2.45, 2.75) is 38.6 Å². The van der Waals surface area contributed by atoms with Gasteiger partial charge in [0.2, 0.25) is 0 Å². The maximum absolute atomic E-state index is 6.06. The van der Waals surface area contributed by atoms with Gasteiger partial charge in [-0.15, -0.1) is 0 Å². The summed E-state index contributed by atoms with van der Waals surface area (Å²) in [4.78, 5) is 0. The van der Waals surface area contributed by atoms with Gasteiger partial charge in [-0.25, -0.2) is 0 Å². The number of hydrogen-bond acceptors (Lipinski definition) is 3. The molecule has 1 unspecified atom stereocenters. The normalized spacial score (nSPS) is 18.7. The minimum absolute atomic E-state index is 0.203. The number of methoxy groups -OCH3 is 1. The Morgan fingerprint density at radius 3 is 2.58 bits per heavy atom. The predicted octanol–water partition coefficient (Wildman–Crippen LogP) is 2.65. The van der Waals surface area contributed by atoms with E-state index in [0.717, 1.165) is 18.7 Å². The molecule has 1 aliphatic rings. The van der Waals surface area contributed by atoms with Gasteiger partial charge in [0.1, 0.15) is 5.75 Å². The van der Waals surface area contributed by atoms with Crippen molar-refractivity contribution in [1.82, 2.24) is 5.32 Å². The van der Waals surface area contributed by atoms with Gasteiger partial charge in [0.05, 0.1) is 7.11 Å². The fraction of sp³-hybridized carbons (Fsp3) is 0.625. The third-order valence-corrected chi connectivity index (χ3v) is 4.67. The molecule has 3 nitrogen and oxygen atoms in total. The molecule has 1 aromatic rings. The quantitative estimate of drug-likeness (QED) is 0.828. The van der Waals surface area contributed by atoms with Crippen molar-refractivity contribution in [3.8, 4) is 5.75 Å². The van der Waals surface area contributed by atoms with Crippen LogP contribution < -0.4 is 15.8 Å². The summed E-state index contributed by atoms with van der Waals surface area (Å²) in [5.74, 6) is 0.969. The Morgan fingerprint density at radius 1 is 1.42 bits per heavy atom. The first-order valence-electron chi connectivity index (χ1n) is 7.25. The molecule has 0 aliphatic heterocycles. The summed E-state index contributed by atoms with van der Waals surface area (Å²) in [7, 11) is 3.77. The summed E-state index contributed by atoms with van der Waals surface area (Å²) in [5.41, 5.74) is 8.88. The molecule has 1 atom stereocenters. The zero-order valence-electron chi connectivity index (χ0n) is 12.3. The fourth-order valence-electron chi connectivity index (χ4n) is 3.26. The average molecular weight is 262 g/mol. The molecular formula is C16H26N2O. The largest absolute Gasteiger partial charge is 0.496 e. The van der Waals surface area contributed by atoms with Gasteiger partial charge in [0.25, 0.3) is 0 Å². The molecule has 1 aliphatic carbocycles. The molecule has 0 amide bonds. The summed E-state index contributed by atoms with van der Waals surface area (Å²) in [6.45, 7) is 2.92. The Hall–Kier alpha value is -1.06. The molecule has 0 spiro atoms. The van der Waals surface area contributed by atoms with E-state index in [1.165, 1.54) is 30.4 Å². The van der Waals surface area contributed by atoms with Crippen molar-refractivity contribution < 1.29 is 4.74 Å². The molecule has 1 saturated carbocycles. The van der Waals surface area contributed by atoms with E-state index in [0.29, 0.717) is 0 Å². The molecule has 2 rings (SSSR count). The van der Waals surface area contributed by atoms with E-state index in [2.05, 4.69) is 30.4 Å². The molecule has 3 heteroatoms. The number of aryl methyl sites for hydroxylation is 1. The van der Waals surface area contributed by atoms with Gasteiger partial charge < -0.3 is 15.8 Å². The first-order chi connectivity index (χ1) is 9.20. The van der Waals surface area contributed by atoms with Crippen LogP contribution in [0.3, 0.4) is 0 Å². The molecule has 1 aromatic carbocycles. The highest BCUT2D eigenvalue weighted by Crippen LogP contribution is 2.51. The topological polar surface area (TPSA) is 47.3 Å². The zero-order valence-corrected chi connectivity index (χ0v) is 12.3. The monoisotopic (exact) mass is 262 g/mol. The van der Waals surface area contributed by atoms with Crippen LogP contribution >= 0.6 is 0 Å². The lowest BCUT2D eigenvalue weighted by atomic mass is 9.62. The summed E-state index contributed by atoms with van der Waals surface area (Å²) in [5, 5.41) is 3.48. The number of benzene rings is 1. The first-order valence-corrected chi connectivity index (χ1v) is 7.25. The van der Waals surface area contributed by atoms with Crippen LogP contribution in [0.15, 0.2) is 18.2 Å². The second kappa shape index (κ2) is 5.93. The summed E-state index contributed by atoms with van der Waals surface area (Å²) >= 11 is 0. The van der Waals surface area contributed by atoms with Gasteiger partial charge in [-0.05, 0) is 44.5 Å². The molecule has 0 aromatic heterocycles. The standard InChI is InChI=1S/C16H26N2O/c1-4-12-6-7-14(19-3)13(10-12)15(18-2)16(11-17)8-5-9-16/h6-7,10,15,18H,4-5,8-9,11,17H2,1-3H3. The van der Waals surface area contributed by atoms with E-state index < -0.39 is 0 Å². The lowest BCUT2D eigenvalue weighted by Gasteiger charge is -2.47. The predicted molar refractivity (Wildman–Crippen MR) is 79.5 cm³/mol. The molecule has 19 heavy (non-hydrogen) atoms. The molecular weight excluding hydrogens is 236 g/mol. The molecule has 0 radical (unpaired) electrons. The van der Waals surface area contributed by atoms with Crippen LogP contribution in [0.25, 0.3) is 0 Å². The summed E-state index contributed by atoms with van der Waals surface area (Å²) in [6.07, 6.45) is 4.73. The fourth-order valence-corrected chi connectivity index (χ4v) is 3.26. The van der Waals surface area contributed by atoms with Gasteiger partial charge in [-0.3, -0.25) is 0 Å². The maximum Gasteiger partial charge on any atom is 0.123 e. The van der Waals surface area contributed by atoms with Crippen molar-refractivity contribution in [2.75, 3.05) is 20.7 Å². The van der Waals surface area contributed by atoms with Crippen LogP contribution in [0.4, 0.5) is 0 Å². The Kier molecular flexibility index (Phi) is 4.48. The second-order valence-corrected chi connectivity index (χ2v) is 5.57. The molecule has 106 valence electrons. The van der Waals surface area contributed by atoms with Crippen molar-refractivity contribution in [1.29, 1.82) is 0 Å². The van der Waals surface area contributed by atoms with Crippen molar-refractivity contribution >= 4 is 0 Å². The maximum atomic E-state index is 6.06. The summed E-state index contributed by atoms with van der Waals surface area (Å²) in [6, 6.07) is 6.79. The Bertz CT molecular complexity index is 421. The van der Waals surface area contributed by atoms with Crippen LogP contribution in [0.2, 0.25) is 0 Å². The Balaban J connectivity index is 2.41. The number of ether oxygens (including phenoxy) is 1. The van der Waals surface area contributed by atoms with E-state index in [4.69, 9.17) is 10.5 Å². The van der Waals surface area contributed by atoms with E-state index in [9.17, 15) is 0 Å². The van der Waals surface area contributed by atoms with Crippen LogP contribution in [0, 0.1) is 5.41 Å². The average Bonchev–Trinajstić information content (AvgIpc) is 2.42. The number of rotatable bonds is 6. The molecule has 0 heterocycles. The highest BCUT2D eigenvalue weighted by atomic mass is 16.5. The number of hydrogen-bond donors (Lipinski definition) is 2. The SMILES string of the molecule is CCc1ccc(OC)c(C(NC)C2(CN)CCC2)c1. The van der Waals surface area contributed by atoms with Crippen LogP contribution in [0.1, 0.15) is 43.4 Å². The van der Waals surface area contributed by atoms with E-state index >= 15 is 0 Å². The molecule has 0 saturated heterocycles. The minimum Gasteiger partial charge on any atom is -0.496 e. The lowest BCUT2D eigenvalue weighted by molar-refractivity contribution is 0.0865. The Labute approximate surface area is 116 Å². The molecule has 1 fully saturated rings. The lowest BCUT2D eigenvalue weighted by Crippen LogP contribution is -2.47. The van der Waals surface area contributed by atoms with E-state index in [1.54, 1.807) is 7.11 Å². The number of nitrogens with one attached hydrogen (secondary N) is 1. The first kappa shape index (κ1) is 14.4. The van der Waals surface area contributed by atoms with Gasteiger partial charge in [0, 0.05) is 17.0 Å². The summed E-state index contributed by atoms with van der Waals surface area (Å²) < 4.78 is 5.56. The smallest absolute Gasteiger partial charge is 0.123 e. The minimum atomic E-state index is 0.203. The van der Waals surface area contributed by atoms with Crippen molar-refractivity contribution in [3.05, 3.63) is 29.3 Å². The highest BCUT2D eigenvalue weighted by molar-refractivity contribution is 5.41. The van der Waals surface area contributed by atoms with Crippen LogP contribution in [0.5, 0.6) is 5.75 Å². The highest BCUT2D eigenvalue weighted by Gasteiger charge is 2.43. The van der Waals surface area contributed by atoms with E-state index in [1.807, 2.05) is 7.05 Å². The third-order valence-electron chi connectivity index (χ3n) is 4.67. The molecule has 0 bridgehead atoms.